The van der Waals surface area contributed by atoms with Gasteiger partial charge in [0.2, 0.25) is 0 Å². The Kier molecular flexibility index (Phi) is 14.0. The zero-order chi connectivity index (χ0) is 59.0. The van der Waals surface area contributed by atoms with Gasteiger partial charge in [-0.05, 0) is 171 Å². The summed E-state index contributed by atoms with van der Waals surface area (Å²) in [7, 11) is 0. The molecule has 0 heterocycles. The molecule has 0 saturated heterocycles. The Hall–Kier alpha value is -8.86. The van der Waals surface area contributed by atoms with Gasteiger partial charge in [0.05, 0.1) is 22.7 Å². The van der Waals surface area contributed by atoms with E-state index < -0.39 is 0 Å². The van der Waals surface area contributed by atoms with Crippen LogP contribution in [0.4, 0.5) is 42.9 Å². The van der Waals surface area contributed by atoms with Crippen LogP contribution in [0.25, 0.3) is 76.8 Å². The summed E-state index contributed by atoms with van der Waals surface area (Å²) >= 11 is 0. The highest BCUT2D eigenvalue weighted by atomic mass is 19.1. The quantitative estimate of drug-likeness (QED) is 0.126. The molecule has 84 heavy (non-hydrogen) atoms. The van der Waals surface area contributed by atoms with Gasteiger partial charge in [0, 0.05) is 22.1 Å². The molecule has 0 atom stereocenters. The van der Waals surface area contributed by atoms with Crippen LogP contribution in [0.1, 0.15) is 105 Å². The van der Waals surface area contributed by atoms with Crippen molar-refractivity contribution in [3.63, 3.8) is 0 Å². The second-order valence-electron chi connectivity index (χ2n) is 27.0. The van der Waals surface area contributed by atoms with Gasteiger partial charge >= 0.3 is 0 Å². The zero-order valence-corrected chi connectivity index (χ0v) is 50.6. The molecule has 0 bridgehead atoms. The maximum Gasteiger partial charge on any atom is 0.147 e. The fourth-order valence-corrected chi connectivity index (χ4v) is 12.2. The number of halogens is 2. The van der Waals surface area contributed by atoms with Crippen LogP contribution >= 0.6 is 0 Å². The first kappa shape index (κ1) is 55.7. The van der Waals surface area contributed by atoms with E-state index in [0.717, 1.165) is 99.6 Å². The summed E-state index contributed by atoms with van der Waals surface area (Å²) < 4.78 is 36.1. The molecular formula is C80H74F2N2. The monoisotopic (exact) mass is 1100 g/mol. The van der Waals surface area contributed by atoms with Crippen LogP contribution in [0.2, 0.25) is 0 Å². The van der Waals surface area contributed by atoms with Crippen molar-refractivity contribution in [3.8, 4) is 44.5 Å². The molecule has 0 aromatic heterocycles. The summed E-state index contributed by atoms with van der Waals surface area (Å²) in [6.45, 7) is 26.7. The normalized spacial score (nSPS) is 12.4. The maximum atomic E-state index is 18.1. The van der Waals surface area contributed by atoms with Crippen LogP contribution in [-0.2, 0) is 21.7 Å². The van der Waals surface area contributed by atoms with Gasteiger partial charge in [-0.1, -0.05) is 253 Å². The highest BCUT2D eigenvalue weighted by Gasteiger charge is 2.29. The van der Waals surface area contributed by atoms with Crippen LogP contribution < -0.4 is 9.80 Å². The van der Waals surface area contributed by atoms with E-state index >= 15 is 8.78 Å². The lowest BCUT2D eigenvalue weighted by molar-refractivity contribution is 0.590. The summed E-state index contributed by atoms with van der Waals surface area (Å²) in [6, 6.07) is 79.9. The van der Waals surface area contributed by atoms with Gasteiger partial charge in [-0.3, -0.25) is 0 Å². The van der Waals surface area contributed by atoms with E-state index in [1.165, 1.54) is 22.3 Å². The third kappa shape index (κ3) is 10.4. The summed E-state index contributed by atoms with van der Waals surface area (Å²) in [5.41, 5.74) is 16.0. The van der Waals surface area contributed by atoms with Crippen LogP contribution in [0.15, 0.2) is 231 Å². The molecule has 2 nitrogen and oxygen atoms in total. The molecule has 0 spiro atoms. The molecule has 418 valence electrons. The average molecular weight is 1100 g/mol. The van der Waals surface area contributed by atoms with Crippen LogP contribution in [-0.4, -0.2) is 0 Å². The molecule has 4 heteroatoms. The van der Waals surface area contributed by atoms with Gasteiger partial charge in [0.25, 0.3) is 0 Å². The van der Waals surface area contributed by atoms with Gasteiger partial charge in [0.15, 0.2) is 0 Å². The molecule has 0 aliphatic heterocycles. The minimum absolute atomic E-state index is 0.107. The van der Waals surface area contributed by atoms with Crippen molar-refractivity contribution in [2.24, 2.45) is 0 Å². The molecule has 0 aliphatic carbocycles. The van der Waals surface area contributed by atoms with Crippen molar-refractivity contribution in [1.82, 2.24) is 0 Å². The SMILES string of the molecule is CC(C)(C)c1cccc(-c2cc(F)c(N(c3ccccc3)c3ccc4ccc5c(N(c6ccccc6)c6cc(-c7cccc(C(C)(C)C)c7)c(-c7cccc(C(C)(C)C)c7)cc6F)ccc6ccc3c4c65)cc2-c2cccc(C(C)(C)C)c2)c1. The molecule has 0 aliphatic rings. The van der Waals surface area contributed by atoms with Gasteiger partial charge in [0.1, 0.15) is 11.6 Å². The van der Waals surface area contributed by atoms with E-state index in [9.17, 15) is 0 Å². The topological polar surface area (TPSA) is 6.48 Å². The number of para-hydroxylation sites is 2. The Bertz CT molecular complexity index is 4150. The van der Waals surface area contributed by atoms with Gasteiger partial charge in [-0.25, -0.2) is 8.78 Å². The molecule has 0 radical (unpaired) electrons. The highest BCUT2D eigenvalue weighted by Crippen LogP contribution is 2.51. The molecule has 12 aromatic rings. The molecular weight excluding hydrogens is 1030 g/mol. The second-order valence-corrected chi connectivity index (χ2v) is 27.0. The first-order chi connectivity index (χ1) is 40.0. The number of nitrogens with zero attached hydrogens (tertiary/aromatic N) is 2. The standard InChI is InChI=1S/C80H74F2N2/c1-77(2,3)57-27-19-23-53(43-57)65-47-69(81)73(49-67(65)55-25-21-29-59(45-55)79(7,8)9)83(61-31-15-13-16-32-61)71-41-37-51-36-40-64-72(42-38-52-35-39-63(71)75(51)76(52)64)84(62-33-17-14-18-34-62)74-50-68(56-26-22-30-60(46-56)80(10,11)12)66(48-70(74)82)54-24-20-28-58(44-54)78(4,5)6/h13-50H,1-12H3. The molecule has 0 fully saturated rings. The lowest BCUT2D eigenvalue weighted by atomic mass is 9.83. The van der Waals surface area contributed by atoms with Gasteiger partial charge in [-0.2, -0.15) is 0 Å². The van der Waals surface area contributed by atoms with E-state index in [0.29, 0.717) is 11.4 Å². The molecule has 12 aromatic carbocycles. The molecule has 12 rings (SSSR count). The van der Waals surface area contributed by atoms with Gasteiger partial charge < -0.3 is 9.80 Å². The number of hydrogen-bond donors (Lipinski definition) is 0. The third-order valence-electron chi connectivity index (χ3n) is 16.9. The minimum atomic E-state index is -0.336. The fourth-order valence-electron chi connectivity index (χ4n) is 12.2. The van der Waals surface area contributed by atoms with Crippen LogP contribution in [0, 0.1) is 11.6 Å². The Morgan fingerprint density at radius 2 is 0.548 bits per heavy atom. The molecule has 0 N–H and O–H groups in total. The predicted octanol–water partition coefficient (Wildman–Crippen LogP) is 23.7. The Labute approximate surface area is 496 Å². The predicted molar refractivity (Wildman–Crippen MR) is 356 cm³/mol. The van der Waals surface area contributed by atoms with E-state index in [1.807, 2.05) is 36.4 Å². The van der Waals surface area contributed by atoms with Crippen molar-refractivity contribution in [1.29, 1.82) is 0 Å². The van der Waals surface area contributed by atoms with E-state index in [4.69, 9.17) is 0 Å². The first-order valence-corrected chi connectivity index (χ1v) is 29.5. The van der Waals surface area contributed by atoms with Crippen molar-refractivity contribution in [3.05, 3.63) is 264 Å². The van der Waals surface area contributed by atoms with Gasteiger partial charge in [-0.15, -0.1) is 0 Å². The second kappa shape index (κ2) is 21.1. The van der Waals surface area contributed by atoms with Crippen molar-refractivity contribution < 1.29 is 8.78 Å². The highest BCUT2D eigenvalue weighted by molar-refractivity contribution is 6.28. The van der Waals surface area contributed by atoms with Crippen LogP contribution in [0.3, 0.4) is 0 Å². The number of benzene rings is 12. The van der Waals surface area contributed by atoms with E-state index in [2.05, 4.69) is 275 Å². The summed E-state index contributed by atoms with van der Waals surface area (Å²) in [5, 5.41) is 6.11. The van der Waals surface area contributed by atoms with Crippen molar-refractivity contribution >= 4 is 66.4 Å². The fraction of sp³-hybridized carbons (Fsp3) is 0.200. The molecule has 0 saturated carbocycles. The number of rotatable bonds is 10. The lowest BCUT2D eigenvalue weighted by Gasteiger charge is -2.30. The summed E-state index contributed by atoms with van der Waals surface area (Å²) in [5.74, 6) is -0.673. The molecule has 0 amide bonds. The average Bonchev–Trinajstić information content (AvgIpc) is 1.10. The van der Waals surface area contributed by atoms with Crippen molar-refractivity contribution in [2.45, 2.75) is 105 Å². The summed E-state index contributed by atoms with van der Waals surface area (Å²) in [4.78, 5) is 4.18. The Morgan fingerprint density at radius 3 is 0.845 bits per heavy atom. The maximum absolute atomic E-state index is 18.1. The largest absolute Gasteiger partial charge is 0.307 e. The number of anilines is 6. The molecule has 0 unspecified atom stereocenters. The first-order valence-electron chi connectivity index (χ1n) is 29.5. The van der Waals surface area contributed by atoms with E-state index in [-0.39, 0.29) is 33.3 Å². The number of hydrogen-bond acceptors (Lipinski definition) is 2. The minimum Gasteiger partial charge on any atom is -0.307 e. The smallest absolute Gasteiger partial charge is 0.147 e. The Morgan fingerprint density at radius 1 is 0.262 bits per heavy atom. The lowest BCUT2D eigenvalue weighted by Crippen LogP contribution is -2.14. The van der Waals surface area contributed by atoms with E-state index in [1.54, 1.807) is 12.1 Å². The van der Waals surface area contributed by atoms with Crippen molar-refractivity contribution in [2.75, 3.05) is 9.80 Å². The summed E-state index contributed by atoms with van der Waals surface area (Å²) in [6.07, 6.45) is 0. The zero-order valence-electron chi connectivity index (χ0n) is 50.6. The van der Waals surface area contributed by atoms with Crippen LogP contribution in [0.5, 0.6) is 0 Å². The Balaban J connectivity index is 1.09. The third-order valence-corrected chi connectivity index (χ3v) is 16.9.